The molecule has 0 radical (unpaired) electrons. The topological polar surface area (TPSA) is 60.9 Å². The summed E-state index contributed by atoms with van der Waals surface area (Å²) >= 11 is 0. The van der Waals surface area contributed by atoms with E-state index in [0.717, 1.165) is 6.42 Å². The van der Waals surface area contributed by atoms with E-state index in [1.165, 1.54) is 0 Å². The van der Waals surface area contributed by atoms with Crippen molar-refractivity contribution < 1.29 is 4.79 Å². The van der Waals surface area contributed by atoms with E-state index < -0.39 is 0 Å². The van der Waals surface area contributed by atoms with Crippen molar-refractivity contribution in [1.82, 2.24) is 9.78 Å². The number of aromatic nitrogens is 2. The molecule has 1 atom stereocenters. The van der Waals surface area contributed by atoms with Crippen LogP contribution in [-0.4, -0.2) is 21.6 Å². The Bertz CT molecular complexity index is 363. The maximum absolute atomic E-state index is 11.9. The second kappa shape index (κ2) is 4.78. The molecule has 0 fully saturated rings. The van der Waals surface area contributed by atoms with Crippen LogP contribution in [0, 0.1) is 5.41 Å². The van der Waals surface area contributed by atoms with Gasteiger partial charge in [-0.1, -0.05) is 20.8 Å². The number of nitrogens with two attached hydrogens (primary N) is 1. The van der Waals surface area contributed by atoms with Gasteiger partial charge in [0.1, 0.15) is 5.69 Å². The number of nitrogens with zero attached hydrogens (tertiary/aromatic N) is 2. The molecule has 4 nitrogen and oxygen atoms in total. The van der Waals surface area contributed by atoms with Gasteiger partial charge >= 0.3 is 0 Å². The normalized spacial score (nSPS) is 13.8. The fraction of sp³-hybridized carbons (Fsp3) is 0.667. The van der Waals surface area contributed by atoms with Crippen LogP contribution in [0.1, 0.15) is 44.1 Å². The maximum atomic E-state index is 11.9. The predicted molar refractivity (Wildman–Crippen MR) is 64.2 cm³/mol. The second-order valence-electron chi connectivity index (χ2n) is 5.49. The first-order valence-corrected chi connectivity index (χ1v) is 5.56. The largest absolute Gasteiger partial charge is 0.327 e. The molecule has 16 heavy (non-hydrogen) atoms. The Hall–Kier alpha value is -1.16. The van der Waals surface area contributed by atoms with Gasteiger partial charge in [-0.05, 0) is 17.9 Å². The molecule has 0 bridgehead atoms. The molecule has 0 amide bonds. The first-order chi connectivity index (χ1) is 7.29. The van der Waals surface area contributed by atoms with Gasteiger partial charge in [-0.15, -0.1) is 0 Å². The maximum Gasteiger partial charge on any atom is 0.182 e. The Morgan fingerprint density at radius 3 is 2.62 bits per heavy atom. The van der Waals surface area contributed by atoms with Crippen molar-refractivity contribution in [2.75, 3.05) is 0 Å². The molecule has 1 aromatic rings. The quantitative estimate of drug-likeness (QED) is 0.791. The third-order valence-corrected chi connectivity index (χ3v) is 2.43. The summed E-state index contributed by atoms with van der Waals surface area (Å²) in [7, 11) is 1.77. The van der Waals surface area contributed by atoms with Crippen LogP contribution < -0.4 is 5.73 Å². The van der Waals surface area contributed by atoms with E-state index in [1.54, 1.807) is 24.0 Å². The molecule has 0 aliphatic carbocycles. The van der Waals surface area contributed by atoms with Crippen LogP contribution in [-0.2, 0) is 7.05 Å². The molecular weight excluding hydrogens is 202 g/mol. The van der Waals surface area contributed by atoms with Crippen molar-refractivity contribution in [3.05, 3.63) is 18.0 Å². The number of carbonyl (C=O) groups excluding carboxylic acids is 1. The van der Waals surface area contributed by atoms with Crippen LogP contribution in [0.5, 0.6) is 0 Å². The van der Waals surface area contributed by atoms with Crippen LogP contribution in [0.3, 0.4) is 0 Å². The fourth-order valence-electron chi connectivity index (χ4n) is 1.85. The zero-order valence-corrected chi connectivity index (χ0v) is 10.5. The van der Waals surface area contributed by atoms with Crippen molar-refractivity contribution in [3.8, 4) is 0 Å². The van der Waals surface area contributed by atoms with Gasteiger partial charge in [0.2, 0.25) is 0 Å². The minimum Gasteiger partial charge on any atom is -0.327 e. The molecule has 0 aliphatic rings. The van der Waals surface area contributed by atoms with Gasteiger partial charge in [-0.25, -0.2) is 0 Å². The summed E-state index contributed by atoms with van der Waals surface area (Å²) in [6, 6.07) is 1.65. The fourth-order valence-corrected chi connectivity index (χ4v) is 1.85. The number of rotatable bonds is 4. The standard InChI is InChI=1S/C12H21N3O/c1-12(2,3)8-9(13)7-11(16)10-5-6-14-15(10)4/h5-6,9H,7-8,13H2,1-4H3. The Morgan fingerprint density at radius 2 is 2.19 bits per heavy atom. The summed E-state index contributed by atoms with van der Waals surface area (Å²) in [6.45, 7) is 6.38. The monoisotopic (exact) mass is 223 g/mol. The van der Waals surface area contributed by atoms with Crippen LogP contribution in [0.25, 0.3) is 0 Å². The van der Waals surface area contributed by atoms with Crippen molar-refractivity contribution in [3.63, 3.8) is 0 Å². The molecule has 4 heteroatoms. The Kier molecular flexibility index (Phi) is 3.86. The first-order valence-electron chi connectivity index (χ1n) is 5.56. The van der Waals surface area contributed by atoms with Gasteiger partial charge in [-0.3, -0.25) is 9.48 Å². The first kappa shape index (κ1) is 12.9. The second-order valence-corrected chi connectivity index (χ2v) is 5.49. The summed E-state index contributed by atoms with van der Waals surface area (Å²) in [4.78, 5) is 11.9. The van der Waals surface area contributed by atoms with Crippen LogP contribution in [0.2, 0.25) is 0 Å². The summed E-state index contributed by atoms with van der Waals surface area (Å²) < 4.78 is 1.59. The molecule has 0 aromatic carbocycles. The summed E-state index contributed by atoms with van der Waals surface area (Å²) in [5.41, 5.74) is 6.75. The van der Waals surface area contributed by atoms with Gasteiger partial charge in [0.15, 0.2) is 5.78 Å². The van der Waals surface area contributed by atoms with Crippen LogP contribution in [0.4, 0.5) is 0 Å². The van der Waals surface area contributed by atoms with E-state index in [9.17, 15) is 4.79 Å². The molecule has 90 valence electrons. The summed E-state index contributed by atoms with van der Waals surface area (Å²) in [6.07, 6.45) is 2.86. The minimum atomic E-state index is -0.0811. The highest BCUT2D eigenvalue weighted by Gasteiger charge is 2.19. The van der Waals surface area contributed by atoms with Crippen molar-refractivity contribution in [2.24, 2.45) is 18.2 Å². The lowest BCUT2D eigenvalue weighted by Gasteiger charge is -2.22. The number of hydrogen-bond acceptors (Lipinski definition) is 3. The SMILES string of the molecule is Cn1nccc1C(=O)CC(N)CC(C)(C)C. The lowest BCUT2D eigenvalue weighted by atomic mass is 9.86. The molecule has 0 spiro atoms. The predicted octanol–water partition coefficient (Wildman–Crippen LogP) is 1.76. The van der Waals surface area contributed by atoms with Gasteiger partial charge in [-0.2, -0.15) is 5.10 Å². The van der Waals surface area contributed by atoms with E-state index in [-0.39, 0.29) is 17.2 Å². The third kappa shape index (κ3) is 3.77. The number of Topliss-reactive ketones (excluding diaryl/α,β-unsaturated/α-hetero) is 1. The van der Waals surface area contributed by atoms with Crippen LogP contribution in [0.15, 0.2) is 12.3 Å². The number of hydrogen-bond donors (Lipinski definition) is 1. The van der Waals surface area contributed by atoms with E-state index in [4.69, 9.17) is 5.73 Å². The molecule has 1 rings (SSSR count). The highest BCUT2D eigenvalue weighted by atomic mass is 16.1. The average molecular weight is 223 g/mol. The Balaban J connectivity index is 2.56. The smallest absolute Gasteiger partial charge is 0.182 e. The third-order valence-electron chi connectivity index (χ3n) is 2.43. The average Bonchev–Trinajstić information content (AvgIpc) is 2.47. The van der Waals surface area contributed by atoms with Crippen LogP contribution >= 0.6 is 0 Å². The zero-order chi connectivity index (χ0) is 12.3. The van der Waals surface area contributed by atoms with Crippen molar-refractivity contribution >= 4 is 5.78 Å². The number of aryl methyl sites for hydroxylation is 1. The van der Waals surface area contributed by atoms with Gasteiger partial charge in [0, 0.05) is 25.7 Å². The van der Waals surface area contributed by atoms with E-state index in [2.05, 4.69) is 25.9 Å². The molecule has 1 heterocycles. The summed E-state index contributed by atoms with van der Waals surface area (Å²) in [5, 5.41) is 3.97. The molecule has 0 saturated heterocycles. The highest BCUT2D eigenvalue weighted by molar-refractivity contribution is 5.94. The molecule has 0 aliphatic heterocycles. The van der Waals surface area contributed by atoms with E-state index in [0.29, 0.717) is 12.1 Å². The Labute approximate surface area is 96.8 Å². The lowest BCUT2D eigenvalue weighted by molar-refractivity contribution is 0.0959. The molecular formula is C12H21N3O. The zero-order valence-electron chi connectivity index (χ0n) is 10.5. The molecule has 0 saturated carbocycles. The number of ketones is 1. The minimum absolute atomic E-state index is 0.0664. The van der Waals surface area contributed by atoms with Gasteiger partial charge in [0.05, 0.1) is 0 Å². The lowest BCUT2D eigenvalue weighted by Crippen LogP contribution is -2.29. The molecule has 2 N–H and O–H groups in total. The Morgan fingerprint density at radius 1 is 1.56 bits per heavy atom. The van der Waals surface area contributed by atoms with Gasteiger partial charge < -0.3 is 5.73 Å². The summed E-state index contributed by atoms with van der Waals surface area (Å²) in [5.74, 6) is 0.0664. The van der Waals surface area contributed by atoms with Gasteiger partial charge in [0.25, 0.3) is 0 Å². The van der Waals surface area contributed by atoms with E-state index >= 15 is 0 Å². The van der Waals surface area contributed by atoms with E-state index in [1.807, 2.05) is 0 Å². The molecule has 1 unspecified atom stereocenters. The number of carbonyl (C=O) groups is 1. The molecule has 1 aromatic heterocycles. The highest BCUT2D eigenvalue weighted by Crippen LogP contribution is 2.21. The van der Waals surface area contributed by atoms with Crippen molar-refractivity contribution in [1.29, 1.82) is 0 Å². The van der Waals surface area contributed by atoms with Crippen molar-refractivity contribution in [2.45, 2.75) is 39.7 Å².